The predicted octanol–water partition coefficient (Wildman–Crippen LogP) is 6.37. The van der Waals surface area contributed by atoms with Crippen molar-refractivity contribution >= 4 is 21.6 Å². The van der Waals surface area contributed by atoms with Gasteiger partial charge in [0, 0.05) is 44.0 Å². The SMILES string of the molecule is CCOc1cccc(-c2cc(OC)c(CN3CCN(c4ccc(C(=O)NS(=O)(=O)CC56CC7CC(CC(C7)C5)C6)cc4)CC3)c(OC)c2)c1. The zero-order chi connectivity index (χ0) is 34.2. The monoisotopic (exact) mass is 687 g/mol. The molecule has 3 aromatic carbocycles. The van der Waals surface area contributed by atoms with E-state index in [4.69, 9.17) is 14.2 Å². The molecule has 0 aromatic heterocycles. The number of hydrogen-bond donors (Lipinski definition) is 1. The number of ether oxygens (including phenoxy) is 3. The Hall–Kier alpha value is -3.76. The Bertz CT molecular complexity index is 1710. The Kier molecular flexibility index (Phi) is 9.54. The summed E-state index contributed by atoms with van der Waals surface area (Å²) < 4.78 is 46.2. The van der Waals surface area contributed by atoms with E-state index in [1.165, 1.54) is 19.3 Å². The van der Waals surface area contributed by atoms with Crippen molar-refractivity contribution in [2.75, 3.05) is 57.7 Å². The molecular formula is C39H49N3O6S. The van der Waals surface area contributed by atoms with Gasteiger partial charge in [-0.15, -0.1) is 0 Å². The van der Waals surface area contributed by atoms with E-state index in [1.807, 2.05) is 37.3 Å². The van der Waals surface area contributed by atoms with Crippen LogP contribution in [0.3, 0.4) is 0 Å². The molecule has 9 nitrogen and oxygen atoms in total. The average molecular weight is 688 g/mol. The van der Waals surface area contributed by atoms with Gasteiger partial charge in [0.15, 0.2) is 0 Å². The molecule has 5 aliphatic rings. The molecule has 1 aliphatic heterocycles. The molecule has 0 unspecified atom stereocenters. The molecule has 1 heterocycles. The molecule has 0 spiro atoms. The van der Waals surface area contributed by atoms with Gasteiger partial charge >= 0.3 is 0 Å². The number of carbonyl (C=O) groups is 1. The van der Waals surface area contributed by atoms with Gasteiger partial charge in [-0.05, 0) is 128 Å². The minimum absolute atomic E-state index is 0.0713. The van der Waals surface area contributed by atoms with Crippen LogP contribution in [0.5, 0.6) is 17.2 Å². The number of piperazine rings is 1. The van der Waals surface area contributed by atoms with Gasteiger partial charge < -0.3 is 19.1 Å². The van der Waals surface area contributed by atoms with Crippen LogP contribution >= 0.6 is 0 Å². The second kappa shape index (κ2) is 13.9. The minimum Gasteiger partial charge on any atom is -0.496 e. The van der Waals surface area contributed by atoms with E-state index in [0.717, 1.165) is 85.1 Å². The molecule has 10 heteroatoms. The molecule has 3 aromatic rings. The van der Waals surface area contributed by atoms with E-state index in [2.05, 4.69) is 32.7 Å². The highest BCUT2D eigenvalue weighted by atomic mass is 32.2. The Balaban J connectivity index is 0.949. The molecule has 49 heavy (non-hydrogen) atoms. The van der Waals surface area contributed by atoms with E-state index in [1.54, 1.807) is 26.4 Å². The van der Waals surface area contributed by atoms with Crippen LogP contribution in [0.2, 0.25) is 0 Å². The van der Waals surface area contributed by atoms with Gasteiger partial charge in [-0.25, -0.2) is 13.1 Å². The first-order valence-electron chi connectivity index (χ1n) is 17.7. The van der Waals surface area contributed by atoms with E-state index in [9.17, 15) is 13.2 Å². The summed E-state index contributed by atoms with van der Waals surface area (Å²) in [5.41, 5.74) is 4.27. The summed E-state index contributed by atoms with van der Waals surface area (Å²) in [6.45, 7) is 6.60. The van der Waals surface area contributed by atoms with E-state index >= 15 is 0 Å². The third kappa shape index (κ3) is 7.41. The standard InChI is InChI=1S/C39H49N3O6S/c1-4-48-34-7-5-6-31(19-34)32-20-36(46-2)35(37(21-32)47-3)25-41-12-14-42(15-13-41)33-10-8-30(9-11-33)38(43)40-49(44,45)26-39-22-27-16-28(23-39)18-29(17-27)24-39/h5-11,19-21,27-29H,4,12-18,22-26H2,1-3H3,(H,40,43). The van der Waals surface area contributed by atoms with Crippen molar-refractivity contribution in [3.05, 3.63) is 71.8 Å². The summed E-state index contributed by atoms with van der Waals surface area (Å²) in [6.07, 6.45) is 6.76. The summed E-state index contributed by atoms with van der Waals surface area (Å²) in [5, 5.41) is 0. The van der Waals surface area contributed by atoms with Crippen LogP contribution in [-0.4, -0.2) is 72.0 Å². The fraction of sp³-hybridized carbons (Fsp3) is 0.513. The fourth-order valence-corrected chi connectivity index (χ4v) is 11.2. The lowest BCUT2D eigenvalue weighted by molar-refractivity contribution is -0.0391. The quantitative estimate of drug-likeness (QED) is 0.235. The molecule has 1 N–H and O–H groups in total. The van der Waals surface area contributed by atoms with Crippen molar-refractivity contribution in [1.29, 1.82) is 0 Å². The first-order chi connectivity index (χ1) is 23.6. The second-order valence-electron chi connectivity index (χ2n) is 14.7. The van der Waals surface area contributed by atoms with Gasteiger partial charge in [0.05, 0.1) is 32.1 Å². The molecule has 4 aliphatic carbocycles. The molecule has 262 valence electrons. The van der Waals surface area contributed by atoms with Gasteiger partial charge in [0.1, 0.15) is 17.2 Å². The number of sulfonamides is 1. The summed E-state index contributed by atoms with van der Waals surface area (Å²) in [6, 6.07) is 19.5. The highest BCUT2D eigenvalue weighted by Crippen LogP contribution is 2.60. The summed E-state index contributed by atoms with van der Waals surface area (Å²) in [7, 11) is -0.336. The summed E-state index contributed by atoms with van der Waals surface area (Å²) in [5.74, 6) is 3.92. The Morgan fingerprint density at radius 2 is 1.45 bits per heavy atom. The Labute approximate surface area is 291 Å². The van der Waals surface area contributed by atoms with Crippen molar-refractivity contribution < 1.29 is 27.4 Å². The van der Waals surface area contributed by atoms with Gasteiger partial charge in [-0.3, -0.25) is 9.69 Å². The number of hydrogen-bond acceptors (Lipinski definition) is 8. The average Bonchev–Trinajstić information content (AvgIpc) is 3.07. The van der Waals surface area contributed by atoms with E-state index in [-0.39, 0.29) is 11.2 Å². The van der Waals surface area contributed by atoms with Crippen LogP contribution in [0.25, 0.3) is 11.1 Å². The van der Waals surface area contributed by atoms with Gasteiger partial charge in [0.25, 0.3) is 5.91 Å². The van der Waals surface area contributed by atoms with Crippen molar-refractivity contribution in [3.8, 4) is 28.4 Å². The molecule has 1 saturated heterocycles. The maximum absolute atomic E-state index is 13.2. The maximum atomic E-state index is 13.2. The fourth-order valence-electron chi connectivity index (χ4n) is 9.56. The highest BCUT2D eigenvalue weighted by molar-refractivity contribution is 7.90. The molecular weight excluding hydrogens is 639 g/mol. The van der Waals surface area contributed by atoms with Crippen molar-refractivity contribution in [2.45, 2.75) is 52.0 Å². The number of methoxy groups -OCH3 is 2. The summed E-state index contributed by atoms with van der Waals surface area (Å²) >= 11 is 0. The topological polar surface area (TPSA) is 97.4 Å². The smallest absolute Gasteiger partial charge is 0.264 e. The second-order valence-corrected chi connectivity index (χ2v) is 16.5. The van der Waals surface area contributed by atoms with E-state index < -0.39 is 15.9 Å². The Morgan fingerprint density at radius 3 is 2.02 bits per heavy atom. The molecule has 0 radical (unpaired) electrons. The number of nitrogens with zero attached hydrogens (tertiary/aromatic N) is 2. The van der Waals surface area contributed by atoms with Crippen LogP contribution in [0.15, 0.2) is 60.7 Å². The van der Waals surface area contributed by atoms with Crippen LogP contribution in [0.1, 0.15) is 61.4 Å². The van der Waals surface area contributed by atoms with Crippen LogP contribution in [0.4, 0.5) is 5.69 Å². The highest BCUT2D eigenvalue weighted by Gasteiger charge is 2.52. The Morgan fingerprint density at radius 1 is 0.837 bits per heavy atom. The third-order valence-corrected chi connectivity index (χ3v) is 12.7. The zero-order valence-electron chi connectivity index (χ0n) is 29.0. The van der Waals surface area contributed by atoms with Crippen LogP contribution < -0.4 is 23.8 Å². The molecule has 8 rings (SSSR count). The third-order valence-electron chi connectivity index (χ3n) is 11.2. The van der Waals surface area contributed by atoms with Crippen molar-refractivity contribution in [3.63, 3.8) is 0 Å². The van der Waals surface area contributed by atoms with Crippen molar-refractivity contribution in [2.24, 2.45) is 23.2 Å². The van der Waals surface area contributed by atoms with Crippen LogP contribution in [-0.2, 0) is 16.6 Å². The van der Waals surface area contributed by atoms with Gasteiger partial charge in [-0.1, -0.05) is 12.1 Å². The van der Waals surface area contributed by atoms with Crippen molar-refractivity contribution in [1.82, 2.24) is 9.62 Å². The zero-order valence-corrected chi connectivity index (χ0v) is 29.8. The predicted molar refractivity (Wildman–Crippen MR) is 192 cm³/mol. The molecule has 4 bridgehead atoms. The van der Waals surface area contributed by atoms with Gasteiger partial charge in [-0.2, -0.15) is 0 Å². The number of nitrogens with one attached hydrogen (secondary N) is 1. The number of benzene rings is 3. The number of carbonyl (C=O) groups excluding carboxylic acids is 1. The van der Waals surface area contributed by atoms with Crippen LogP contribution in [0, 0.1) is 23.2 Å². The lowest BCUT2D eigenvalue weighted by Crippen LogP contribution is -2.51. The maximum Gasteiger partial charge on any atom is 0.264 e. The first-order valence-corrected chi connectivity index (χ1v) is 19.4. The molecule has 5 fully saturated rings. The first kappa shape index (κ1) is 33.7. The minimum atomic E-state index is -3.72. The molecule has 1 amide bonds. The van der Waals surface area contributed by atoms with E-state index in [0.29, 0.717) is 36.5 Å². The lowest BCUT2D eigenvalue weighted by atomic mass is 9.50. The molecule has 0 atom stereocenters. The normalized spacial score (nSPS) is 24.9. The number of rotatable bonds is 12. The largest absolute Gasteiger partial charge is 0.496 e. The number of anilines is 1. The number of amides is 1. The van der Waals surface area contributed by atoms with Gasteiger partial charge in [0.2, 0.25) is 10.0 Å². The molecule has 4 saturated carbocycles. The summed E-state index contributed by atoms with van der Waals surface area (Å²) in [4.78, 5) is 17.7. The lowest BCUT2D eigenvalue weighted by Gasteiger charge is -2.56.